The molecule has 0 radical (unpaired) electrons. The van der Waals surface area contributed by atoms with Gasteiger partial charge in [0.1, 0.15) is 5.82 Å². The van der Waals surface area contributed by atoms with Crippen LogP contribution in [0.2, 0.25) is 0 Å². The second kappa shape index (κ2) is 6.11. The van der Waals surface area contributed by atoms with Gasteiger partial charge in [0.15, 0.2) is 9.84 Å². The van der Waals surface area contributed by atoms with E-state index < -0.39 is 21.6 Å². The van der Waals surface area contributed by atoms with Gasteiger partial charge in [0.05, 0.1) is 24.2 Å². The minimum atomic E-state index is -2.94. The molecule has 1 aliphatic heterocycles. The molecule has 116 valence electrons. The molecule has 1 aliphatic rings. The first-order chi connectivity index (χ1) is 9.82. The molecule has 1 fully saturated rings. The normalized spacial score (nSPS) is 20.7. The second-order valence-electron chi connectivity index (χ2n) is 5.28. The number of sulfone groups is 1. The van der Waals surface area contributed by atoms with Crippen LogP contribution in [-0.2, 0) is 21.1 Å². The summed E-state index contributed by atoms with van der Waals surface area (Å²) < 4.78 is 41.2. The van der Waals surface area contributed by atoms with Crippen LogP contribution >= 0.6 is 0 Å². The molecular formula is C14H18FNO4S. The maximum atomic E-state index is 13.8. The van der Waals surface area contributed by atoms with E-state index in [4.69, 9.17) is 0 Å². The minimum absolute atomic E-state index is 0.0432. The van der Waals surface area contributed by atoms with Crippen molar-refractivity contribution in [2.75, 3.05) is 25.7 Å². The number of benzene rings is 1. The molecule has 1 aromatic rings. The van der Waals surface area contributed by atoms with Crippen LogP contribution in [0.5, 0.6) is 0 Å². The highest BCUT2D eigenvalue weighted by molar-refractivity contribution is 7.91. The number of carbonyl (C=O) groups is 1. The van der Waals surface area contributed by atoms with Crippen molar-refractivity contribution in [2.45, 2.75) is 19.0 Å². The third-order valence-electron chi connectivity index (χ3n) is 3.70. The van der Waals surface area contributed by atoms with Crippen LogP contribution in [0.15, 0.2) is 18.2 Å². The zero-order chi connectivity index (χ0) is 15.6. The number of ether oxygens (including phenoxy) is 1. The second-order valence-corrected chi connectivity index (χ2v) is 7.51. The third kappa shape index (κ3) is 3.79. The highest BCUT2D eigenvalue weighted by Crippen LogP contribution is 2.19. The molecule has 0 aromatic heterocycles. The van der Waals surface area contributed by atoms with E-state index in [2.05, 4.69) is 4.74 Å². The van der Waals surface area contributed by atoms with Crippen molar-refractivity contribution in [3.8, 4) is 0 Å². The van der Waals surface area contributed by atoms with Crippen LogP contribution in [0, 0.1) is 5.82 Å². The Hall–Kier alpha value is -1.47. The van der Waals surface area contributed by atoms with Gasteiger partial charge < -0.3 is 4.74 Å². The fourth-order valence-electron chi connectivity index (χ4n) is 2.47. The zero-order valence-electron chi connectivity index (χ0n) is 12.0. The number of hydrogen-bond acceptors (Lipinski definition) is 5. The molecule has 1 unspecified atom stereocenters. The molecular weight excluding hydrogens is 297 g/mol. The summed E-state index contributed by atoms with van der Waals surface area (Å²) in [5.41, 5.74) is 0.583. The van der Waals surface area contributed by atoms with Gasteiger partial charge in [0.25, 0.3) is 0 Å². The molecule has 1 aromatic carbocycles. The van der Waals surface area contributed by atoms with Crippen LogP contribution in [0.4, 0.5) is 4.39 Å². The number of nitrogens with zero attached hydrogens (tertiary/aromatic N) is 1. The van der Waals surface area contributed by atoms with Crippen molar-refractivity contribution in [1.82, 2.24) is 4.90 Å². The summed E-state index contributed by atoms with van der Waals surface area (Å²) in [5.74, 6) is -0.995. The Morgan fingerprint density at radius 2 is 2.19 bits per heavy atom. The minimum Gasteiger partial charge on any atom is -0.465 e. The monoisotopic (exact) mass is 315 g/mol. The van der Waals surface area contributed by atoms with Gasteiger partial charge in [-0.25, -0.2) is 17.6 Å². The summed E-state index contributed by atoms with van der Waals surface area (Å²) in [6, 6.07) is 4.27. The largest absolute Gasteiger partial charge is 0.465 e. The number of carbonyl (C=O) groups excluding carboxylic acids is 1. The molecule has 0 N–H and O–H groups in total. The smallest absolute Gasteiger partial charge is 0.340 e. The topological polar surface area (TPSA) is 63.7 Å². The van der Waals surface area contributed by atoms with Crippen LogP contribution < -0.4 is 0 Å². The lowest BCUT2D eigenvalue weighted by Gasteiger charge is -2.23. The molecule has 2 rings (SSSR count). The first-order valence-corrected chi connectivity index (χ1v) is 8.42. The van der Waals surface area contributed by atoms with Gasteiger partial charge in [-0.2, -0.15) is 0 Å². The molecule has 5 nitrogen and oxygen atoms in total. The van der Waals surface area contributed by atoms with E-state index in [-0.39, 0.29) is 23.1 Å². The van der Waals surface area contributed by atoms with E-state index in [0.717, 1.165) is 0 Å². The van der Waals surface area contributed by atoms with Crippen molar-refractivity contribution in [2.24, 2.45) is 0 Å². The number of methoxy groups -OCH3 is 1. The molecule has 1 atom stereocenters. The SMILES string of the molecule is COC(=O)c1ccc(CN(C)C2CCS(=O)(=O)C2)cc1F. The number of esters is 1. The lowest BCUT2D eigenvalue weighted by atomic mass is 10.1. The van der Waals surface area contributed by atoms with Crippen LogP contribution in [0.3, 0.4) is 0 Å². The van der Waals surface area contributed by atoms with Gasteiger partial charge in [-0.05, 0) is 31.2 Å². The zero-order valence-corrected chi connectivity index (χ0v) is 12.8. The summed E-state index contributed by atoms with van der Waals surface area (Å²) in [6.45, 7) is 0.429. The predicted molar refractivity (Wildman–Crippen MR) is 76.3 cm³/mol. The summed E-state index contributed by atoms with van der Waals surface area (Å²) in [7, 11) is 0.0763. The van der Waals surface area contributed by atoms with E-state index >= 15 is 0 Å². The molecule has 21 heavy (non-hydrogen) atoms. The average molecular weight is 315 g/mol. The van der Waals surface area contributed by atoms with Crippen LogP contribution in [0.25, 0.3) is 0 Å². The Labute approximate surface area is 123 Å². The molecule has 0 aliphatic carbocycles. The third-order valence-corrected chi connectivity index (χ3v) is 5.45. The van der Waals surface area contributed by atoms with Gasteiger partial charge in [-0.15, -0.1) is 0 Å². The lowest BCUT2D eigenvalue weighted by molar-refractivity contribution is 0.0595. The summed E-state index contributed by atoms with van der Waals surface area (Å²) in [4.78, 5) is 13.2. The standard InChI is InChI=1S/C14H18FNO4S/c1-16(11-5-6-21(18,19)9-11)8-10-3-4-12(13(15)7-10)14(17)20-2/h3-4,7,11H,5-6,8-9H2,1-2H3. The number of halogens is 1. The Morgan fingerprint density at radius 3 is 2.71 bits per heavy atom. The average Bonchev–Trinajstić information content (AvgIpc) is 2.78. The molecule has 1 saturated heterocycles. The van der Waals surface area contributed by atoms with Gasteiger partial charge in [-0.3, -0.25) is 4.90 Å². The summed E-state index contributed by atoms with van der Waals surface area (Å²) >= 11 is 0. The van der Waals surface area contributed by atoms with E-state index in [9.17, 15) is 17.6 Å². The maximum Gasteiger partial charge on any atom is 0.340 e. The Bertz CT molecular complexity index is 644. The van der Waals surface area contributed by atoms with Crippen molar-refractivity contribution in [3.63, 3.8) is 0 Å². The van der Waals surface area contributed by atoms with Gasteiger partial charge in [-0.1, -0.05) is 6.07 Å². The highest BCUT2D eigenvalue weighted by atomic mass is 32.2. The van der Waals surface area contributed by atoms with E-state index in [1.807, 2.05) is 11.9 Å². The van der Waals surface area contributed by atoms with E-state index in [1.54, 1.807) is 6.07 Å². The van der Waals surface area contributed by atoms with Crippen molar-refractivity contribution < 1.29 is 22.3 Å². The number of rotatable bonds is 4. The first kappa shape index (κ1) is 15.9. The molecule has 0 bridgehead atoms. The lowest BCUT2D eigenvalue weighted by Crippen LogP contribution is -2.32. The molecule has 7 heteroatoms. The van der Waals surface area contributed by atoms with Crippen LogP contribution in [0.1, 0.15) is 22.3 Å². The number of hydrogen-bond donors (Lipinski definition) is 0. The Morgan fingerprint density at radius 1 is 1.48 bits per heavy atom. The maximum absolute atomic E-state index is 13.8. The van der Waals surface area contributed by atoms with Gasteiger partial charge in [0.2, 0.25) is 0 Å². The fraction of sp³-hybridized carbons (Fsp3) is 0.500. The van der Waals surface area contributed by atoms with Gasteiger partial charge in [0, 0.05) is 12.6 Å². The molecule has 0 amide bonds. The summed E-state index contributed by atoms with van der Waals surface area (Å²) in [5, 5.41) is 0. The Balaban J connectivity index is 2.07. The first-order valence-electron chi connectivity index (χ1n) is 6.60. The van der Waals surface area contributed by atoms with Crippen molar-refractivity contribution in [3.05, 3.63) is 35.1 Å². The Kier molecular flexibility index (Phi) is 4.63. The van der Waals surface area contributed by atoms with Crippen molar-refractivity contribution >= 4 is 15.8 Å². The molecule has 0 saturated carbocycles. The van der Waals surface area contributed by atoms with Crippen LogP contribution in [-0.4, -0.2) is 51.0 Å². The summed E-state index contributed by atoms with van der Waals surface area (Å²) in [6.07, 6.45) is 0.599. The fourth-order valence-corrected chi connectivity index (χ4v) is 4.28. The predicted octanol–water partition coefficient (Wildman–Crippen LogP) is 1.23. The molecule has 0 spiro atoms. The van der Waals surface area contributed by atoms with E-state index in [1.165, 1.54) is 19.2 Å². The molecule has 1 heterocycles. The van der Waals surface area contributed by atoms with Gasteiger partial charge >= 0.3 is 5.97 Å². The quantitative estimate of drug-likeness (QED) is 0.782. The van der Waals surface area contributed by atoms with E-state index in [0.29, 0.717) is 18.5 Å². The van der Waals surface area contributed by atoms with Crippen molar-refractivity contribution in [1.29, 1.82) is 0 Å². The highest BCUT2D eigenvalue weighted by Gasteiger charge is 2.30.